The molecule has 6 heteroatoms. The number of carbonyl (C=O) groups excluding carboxylic acids is 2. The number of H-pyrrole nitrogens is 1. The number of benzene rings is 1. The number of amides is 1. The number of nitrogens with one attached hydrogen (secondary N) is 2. The Morgan fingerprint density at radius 2 is 2.18 bits per heavy atom. The van der Waals surface area contributed by atoms with Crippen molar-refractivity contribution in [3.63, 3.8) is 0 Å². The zero-order valence-electron chi connectivity index (χ0n) is 12.0. The summed E-state index contributed by atoms with van der Waals surface area (Å²) < 4.78 is 18.8. The molecule has 1 aliphatic carbocycles. The van der Waals surface area contributed by atoms with Gasteiger partial charge in [-0.05, 0) is 25.0 Å². The summed E-state index contributed by atoms with van der Waals surface area (Å²) in [5, 5.41) is 2.49. The smallest absolute Gasteiger partial charge is 0.258 e. The minimum Gasteiger partial charge on any atom is -0.497 e. The summed E-state index contributed by atoms with van der Waals surface area (Å²) >= 11 is 0. The van der Waals surface area contributed by atoms with E-state index in [9.17, 15) is 14.0 Å². The number of hydrogen-bond donors (Lipinski definition) is 2. The second-order valence-electron chi connectivity index (χ2n) is 5.13. The SMILES string of the molecule is COc1ccc(F)c(NC(=O)c2c[nH]c3c2C(=O)CCC3)c1. The van der Waals surface area contributed by atoms with Gasteiger partial charge in [-0.3, -0.25) is 9.59 Å². The highest BCUT2D eigenvalue weighted by Crippen LogP contribution is 2.26. The Morgan fingerprint density at radius 1 is 1.36 bits per heavy atom. The van der Waals surface area contributed by atoms with E-state index in [0.29, 0.717) is 17.7 Å². The number of fused-ring (bicyclic) bond motifs is 1. The molecular weight excluding hydrogens is 287 g/mol. The van der Waals surface area contributed by atoms with Crippen molar-refractivity contribution in [3.05, 3.63) is 47.0 Å². The summed E-state index contributed by atoms with van der Waals surface area (Å²) in [4.78, 5) is 27.3. The molecule has 0 radical (unpaired) electrons. The van der Waals surface area contributed by atoms with E-state index in [1.54, 1.807) is 0 Å². The minimum atomic E-state index is -0.565. The van der Waals surface area contributed by atoms with Crippen LogP contribution in [-0.4, -0.2) is 23.8 Å². The summed E-state index contributed by atoms with van der Waals surface area (Å²) in [6.45, 7) is 0. The van der Waals surface area contributed by atoms with Crippen molar-refractivity contribution in [2.45, 2.75) is 19.3 Å². The fourth-order valence-corrected chi connectivity index (χ4v) is 2.63. The molecule has 0 aliphatic heterocycles. The quantitative estimate of drug-likeness (QED) is 0.915. The number of Topliss-reactive ketones (excluding diaryl/α,β-unsaturated/α-hetero) is 1. The molecule has 0 bridgehead atoms. The molecule has 0 atom stereocenters. The molecule has 3 rings (SSSR count). The standard InChI is InChI=1S/C16H15FN2O3/c1-22-9-5-6-11(17)13(7-9)19-16(21)10-8-18-12-3-2-4-14(20)15(10)12/h5-8,18H,2-4H2,1H3,(H,19,21). The number of rotatable bonds is 3. The minimum absolute atomic E-state index is 0.0163. The van der Waals surface area contributed by atoms with E-state index in [-0.39, 0.29) is 17.0 Å². The van der Waals surface area contributed by atoms with Crippen molar-refractivity contribution >= 4 is 17.4 Å². The van der Waals surface area contributed by atoms with Gasteiger partial charge in [0.1, 0.15) is 11.6 Å². The van der Waals surface area contributed by atoms with Crippen molar-refractivity contribution in [2.75, 3.05) is 12.4 Å². The summed E-state index contributed by atoms with van der Waals surface area (Å²) in [5.74, 6) is -0.701. The molecule has 114 valence electrons. The summed E-state index contributed by atoms with van der Waals surface area (Å²) in [6.07, 6.45) is 3.44. The lowest BCUT2D eigenvalue weighted by Crippen LogP contribution is -2.18. The molecule has 2 N–H and O–H groups in total. The number of aromatic amines is 1. The van der Waals surface area contributed by atoms with Crippen LogP contribution in [0.25, 0.3) is 0 Å². The van der Waals surface area contributed by atoms with E-state index in [2.05, 4.69) is 10.3 Å². The van der Waals surface area contributed by atoms with E-state index in [1.807, 2.05) is 0 Å². The molecule has 0 fully saturated rings. The molecule has 0 saturated carbocycles. The number of carbonyl (C=O) groups is 2. The predicted molar refractivity (Wildman–Crippen MR) is 79.0 cm³/mol. The molecular formula is C16H15FN2O3. The average molecular weight is 302 g/mol. The first-order chi connectivity index (χ1) is 10.6. The third kappa shape index (κ3) is 2.47. The van der Waals surface area contributed by atoms with E-state index in [0.717, 1.165) is 18.5 Å². The Hall–Kier alpha value is -2.63. The molecule has 2 aromatic rings. The Bertz CT molecular complexity index is 752. The van der Waals surface area contributed by atoms with Crippen LogP contribution >= 0.6 is 0 Å². The highest BCUT2D eigenvalue weighted by atomic mass is 19.1. The Balaban J connectivity index is 1.90. The topological polar surface area (TPSA) is 71.2 Å². The van der Waals surface area contributed by atoms with E-state index in [4.69, 9.17) is 4.74 Å². The predicted octanol–water partition coefficient (Wildman–Crippen LogP) is 2.93. The third-order valence-electron chi connectivity index (χ3n) is 3.74. The molecule has 1 aromatic carbocycles. The van der Waals surface area contributed by atoms with E-state index in [1.165, 1.54) is 31.5 Å². The van der Waals surface area contributed by atoms with E-state index >= 15 is 0 Å². The van der Waals surface area contributed by atoms with Crippen LogP contribution in [-0.2, 0) is 6.42 Å². The van der Waals surface area contributed by atoms with Crippen molar-refractivity contribution in [1.29, 1.82) is 0 Å². The van der Waals surface area contributed by atoms with Crippen LogP contribution in [0.1, 0.15) is 39.3 Å². The van der Waals surface area contributed by atoms with Gasteiger partial charge in [0.25, 0.3) is 5.91 Å². The lowest BCUT2D eigenvalue weighted by molar-refractivity contribution is 0.0956. The first-order valence-corrected chi connectivity index (χ1v) is 6.98. The van der Waals surface area contributed by atoms with Crippen LogP contribution in [0.15, 0.2) is 24.4 Å². The largest absolute Gasteiger partial charge is 0.497 e. The van der Waals surface area contributed by atoms with Gasteiger partial charge in [0.2, 0.25) is 0 Å². The number of hydrogen-bond acceptors (Lipinski definition) is 3. The van der Waals surface area contributed by atoms with Crippen LogP contribution in [0, 0.1) is 5.82 Å². The second-order valence-corrected chi connectivity index (χ2v) is 5.13. The molecule has 1 amide bonds. The maximum Gasteiger partial charge on any atom is 0.258 e. The Morgan fingerprint density at radius 3 is 2.95 bits per heavy atom. The molecule has 5 nitrogen and oxygen atoms in total. The van der Waals surface area contributed by atoms with Gasteiger partial charge >= 0.3 is 0 Å². The molecule has 1 heterocycles. The number of methoxy groups -OCH3 is 1. The number of halogens is 1. The summed E-state index contributed by atoms with van der Waals surface area (Å²) in [5.41, 5.74) is 1.46. The fraction of sp³-hybridized carbons (Fsp3) is 0.250. The zero-order valence-corrected chi connectivity index (χ0v) is 12.0. The molecule has 0 saturated heterocycles. The molecule has 1 aromatic heterocycles. The Labute approximate surface area is 126 Å². The maximum absolute atomic E-state index is 13.8. The van der Waals surface area contributed by atoms with Gasteiger partial charge in [0.15, 0.2) is 5.78 Å². The van der Waals surface area contributed by atoms with E-state index < -0.39 is 11.7 Å². The van der Waals surface area contributed by atoms with Crippen LogP contribution in [0.5, 0.6) is 5.75 Å². The lowest BCUT2D eigenvalue weighted by atomic mass is 9.93. The third-order valence-corrected chi connectivity index (χ3v) is 3.74. The van der Waals surface area contributed by atoms with Crippen molar-refractivity contribution in [3.8, 4) is 5.75 Å². The van der Waals surface area contributed by atoms with Crippen molar-refractivity contribution in [2.24, 2.45) is 0 Å². The number of aryl methyl sites for hydroxylation is 1. The second kappa shape index (κ2) is 5.63. The normalized spacial score (nSPS) is 13.6. The van der Waals surface area contributed by atoms with Crippen molar-refractivity contribution in [1.82, 2.24) is 4.98 Å². The number of anilines is 1. The molecule has 22 heavy (non-hydrogen) atoms. The highest BCUT2D eigenvalue weighted by Gasteiger charge is 2.26. The van der Waals surface area contributed by atoms with Gasteiger partial charge in [0, 0.05) is 24.4 Å². The monoisotopic (exact) mass is 302 g/mol. The highest BCUT2D eigenvalue weighted by molar-refractivity contribution is 6.13. The van der Waals surface area contributed by atoms with Gasteiger partial charge in [-0.2, -0.15) is 0 Å². The summed E-state index contributed by atoms with van der Waals surface area (Å²) in [7, 11) is 1.46. The van der Waals surface area contributed by atoms with Gasteiger partial charge < -0.3 is 15.0 Å². The van der Waals surface area contributed by atoms with Crippen LogP contribution in [0.3, 0.4) is 0 Å². The zero-order chi connectivity index (χ0) is 15.7. The fourth-order valence-electron chi connectivity index (χ4n) is 2.63. The molecule has 1 aliphatic rings. The molecule has 0 spiro atoms. The summed E-state index contributed by atoms with van der Waals surface area (Å²) in [6, 6.07) is 4.08. The number of ether oxygens (including phenoxy) is 1. The van der Waals surface area contributed by atoms with Gasteiger partial charge in [-0.25, -0.2) is 4.39 Å². The first kappa shape index (κ1) is 14.3. The van der Waals surface area contributed by atoms with Gasteiger partial charge in [-0.1, -0.05) is 0 Å². The Kier molecular flexibility index (Phi) is 3.66. The van der Waals surface area contributed by atoms with Crippen LogP contribution in [0.2, 0.25) is 0 Å². The first-order valence-electron chi connectivity index (χ1n) is 6.98. The van der Waals surface area contributed by atoms with Crippen molar-refractivity contribution < 1.29 is 18.7 Å². The number of aromatic nitrogens is 1. The number of ketones is 1. The van der Waals surface area contributed by atoms with Gasteiger partial charge in [0.05, 0.1) is 23.9 Å². The van der Waals surface area contributed by atoms with Crippen LogP contribution < -0.4 is 10.1 Å². The van der Waals surface area contributed by atoms with Crippen LogP contribution in [0.4, 0.5) is 10.1 Å². The average Bonchev–Trinajstić information content (AvgIpc) is 2.95. The molecule has 0 unspecified atom stereocenters. The maximum atomic E-state index is 13.8. The lowest BCUT2D eigenvalue weighted by Gasteiger charge is -2.12. The van der Waals surface area contributed by atoms with Gasteiger partial charge in [-0.15, -0.1) is 0 Å².